The van der Waals surface area contributed by atoms with Gasteiger partial charge in [0.25, 0.3) is 5.91 Å². The minimum Gasteiger partial charge on any atom is -0.321 e. The van der Waals surface area contributed by atoms with Crippen LogP contribution in [0.15, 0.2) is 59.1 Å². The maximum absolute atomic E-state index is 12.4. The van der Waals surface area contributed by atoms with E-state index in [2.05, 4.69) is 32.3 Å². The number of fused-ring (bicyclic) bond motifs is 2. The van der Waals surface area contributed by atoms with Crippen molar-refractivity contribution in [3.05, 3.63) is 70.3 Å². The van der Waals surface area contributed by atoms with Crippen molar-refractivity contribution in [1.29, 1.82) is 5.26 Å². The van der Waals surface area contributed by atoms with Gasteiger partial charge in [-0.3, -0.25) is 4.79 Å². The van der Waals surface area contributed by atoms with Crippen LogP contribution in [0.3, 0.4) is 0 Å². The molecule has 1 N–H and O–H groups in total. The quantitative estimate of drug-likeness (QED) is 0.506. The van der Waals surface area contributed by atoms with Gasteiger partial charge in [0.15, 0.2) is 0 Å². The number of allylic oxidation sites excluding steroid dienone is 1. The maximum Gasteiger partial charge on any atom is 0.257 e. The summed E-state index contributed by atoms with van der Waals surface area (Å²) in [5.74, 6) is -0.283. The largest absolute Gasteiger partial charge is 0.321 e. The number of amides is 1. The predicted octanol–water partition coefficient (Wildman–Crippen LogP) is 4.38. The SMILES string of the molecule is N#CC(=C1C(=O)Nc2ccc(Br)cc21)c1ccc2ccccc2n1. The molecule has 2 heterocycles. The lowest BCUT2D eigenvalue weighted by atomic mass is 9.99. The highest BCUT2D eigenvalue weighted by atomic mass is 79.9. The number of nitrogens with one attached hydrogen (secondary N) is 1. The highest BCUT2D eigenvalue weighted by Gasteiger charge is 2.28. The van der Waals surface area contributed by atoms with Crippen LogP contribution in [0.25, 0.3) is 22.0 Å². The lowest BCUT2D eigenvalue weighted by molar-refractivity contribution is -0.110. The molecule has 1 aliphatic heterocycles. The lowest BCUT2D eigenvalue weighted by Gasteiger charge is -2.05. The fraction of sp³-hybridized carbons (Fsp3) is 0. The van der Waals surface area contributed by atoms with E-state index < -0.39 is 0 Å². The van der Waals surface area contributed by atoms with Gasteiger partial charge in [-0.1, -0.05) is 40.2 Å². The van der Waals surface area contributed by atoms with Crippen LogP contribution in [0.5, 0.6) is 0 Å². The molecule has 114 valence electrons. The second kappa shape index (κ2) is 5.59. The number of pyridine rings is 1. The molecule has 0 saturated carbocycles. The van der Waals surface area contributed by atoms with Gasteiger partial charge in [-0.05, 0) is 30.3 Å². The lowest BCUT2D eigenvalue weighted by Crippen LogP contribution is -2.06. The summed E-state index contributed by atoms with van der Waals surface area (Å²) in [5, 5.41) is 13.5. The zero-order valence-electron chi connectivity index (χ0n) is 12.4. The Bertz CT molecular complexity index is 1080. The highest BCUT2D eigenvalue weighted by Crippen LogP contribution is 2.38. The molecule has 1 amide bonds. The molecule has 0 bridgehead atoms. The molecule has 0 atom stereocenters. The van der Waals surface area contributed by atoms with Gasteiger partial charge in [-0.2, -0.15) is 5.26 Å². The Morgan fingerprint density at radius 1 is 1.12 bits per heavy atom. The summed E-state index contributed by atoms with van der Waals surface area (Å²) in [5.41, 5.74) is 3.32. The molecule has 4 nitrogen and oxygen atoms in total. The Morgan fingerprint density at radius 3 is 2.79 bits per heavy atom. The molecule has 0 spiro atoms. The molecular weight excluding hydrogens is 366 g/mol. The van der Waals surface area contributed by atoms with E-state index in [0.717, 1.165) is 15.4 Å². The van der Waals surface area contributed by atoms with Crippen molar-refractivity contribution in [3.63, 3.8) is 0 Å². The number of hydrogen-bond acceptors (Lipinski definition) is 3. The van der Waals surface area contributed by atoms with Crippen molar-refractivity contribution in [1.82, 2.24) is 4.98 Å². The predicted molar refractivity (Wildman–Crippen MR) is 96.9 cm³/mol. The van der Waals surface area contributed by atoms with Crippen LogP contribution >= 0.6 is 15.9 Å². The number of hydrogen-bond donors (Lipinski definition) is 1. The van der Waals surface area contributed by atoms with Gasteiger partial charge < -0.3 is 5.32 Å². The number of para-hydroxylation sites is 1. The van der Waals surface area contributed by atoms with Gasteiger partial charge >= 0.3 is 0 Å². The van der Waals surface area contributed by atoms with Gasteiger partial charge in [0, 0.05) is 21.1 Å². The minimum absolute atomic E-state index is 0.273. The second-order valence-corrected chi connectivity index (χ2v) is 6.31. The van der Waals surface area contributed by atoms with Gasteiger partial charge in [0.1, 0.15) is 6.07 Å². The zero-order chi connectivity index (χ0) is 16.7. The van der Waals surface area contributed by atoms with Crippen molar-refractivity contribution in [2.24, 2.45) is 0 Å². The van der Waals surface area contributed by atoms with Crippen molar-refractivity contribution in [2.45, 2.75) is 0 Å². The van der Waals surface area contributed by atoms with Crippen LogP contribution in [0.1, 0.15) is 11.3 Å². The van der Waals surface area contributed by atoms with Gasteiger partial charge in [0.2, 0.25) is 0 Å². The van der Waals surface area contributed by atoms with Crippen LogP contribution in [-0.2, 0) is 4.79 Å². The molecule has 0 fully saturated rings. The highest BCUT2D eigenvalue weighted by molar-refractivity contribution is 9.10. The first-order chi connectivity index (χ1) is 11.7. The third-order valence-electron chi connectivity index (χ3n) is 3.94. The molecule has 3 aromatic rings. The summed E-state index contributed by atoms with van der Waals surface area (Å²) >= 11 is 3.41. The van der Waals surface area contributed by atoms with E-state index in [1.807, 2.05) is 48.5 Å². The summed E-state index contributed by atoms with van der Waals surface area (Å²) in [6.07, 6.45) is 0. The Kier molecular flexibility index (Phi) is 3.40. The van der Waals surface area contributed by atoms with Crippen LogP contribution in [0, 0.1) is 11.3 Å². The Labute approximate surface area is 146 Å². The number of anilines is 1. The molecule has 4 rings (SSSR count). The van der Waals surface area contributed by atoms with Crippen molar-refractivity contribution >= 4 is 49.6 Å². The monoisotopic (exact) mass is 375 g/mol. The summed E-state index contributed by atoms with van der Waals surface area (Å²) in [6.45, 7) is 0. The topological polar surface area (TPSA) is 65.8 Å². The molecular formula is C19H10BrN3O. The zero-order valence-corrected chi connectivity index (χ0v) is 14.0. The Hall–Kier alpha value is -2.97. The fourth-order valence-corrected chi connectivity index (χ4v) is 3.20. The van der Waals surface area contributed by atoms with E-state index in [4.69, 9.17) is 0 Å². The van der Waals surface area contributed by atoms with Gasteiger partial charge in [-0.25, -0.2) is 4.98 Å². The van der Waals surface area contributed by atoms with E-state index in [9.17, 15) is 10.1 Å². The third kappa shape index (κ3) is 2.29. The van der Waals surface area contributed by atoms with E-state index in [0.29, 0.717) is 22.5 Å². The van der Waals surface area contributed by atoms with Crippen LogP contribution in [0.4, 0.5) is 5.69 Å². The second-order valence-electron chi connectivity index (χ2n) is 5.40. The van der Waals surface area contributed by atoms with Crippen LogP contribution in [0.2, 0.25) is 0 Å². The van der Waals surface area contributed by atoms with E-state index in [1.54, 1.807) is 6.07 Å². The van der Waals surface area contributed by atoms with Gasteiger partial charge in [-0.15, -0.1) is 0 Å². The Balaban J connectivity index is 1.98. The van der Waals surface area contributed by atoms with Crippen molar-refractivity contribution in [2.75, 3.05) is 5.32 Å². The maximum atomic E-state index is 12.4. The number of aromatic nitrogens is 1. The van der Waals surface area contributed by atoms with E-state index >= 15 is 0 Å². The molecule has 5 heteroatoms. The number of benzene rings is 2. The number of halogens is 1. The normalized spacial score (nSPS) is 14.9. The smallest absolute Gasteiger partial charge is 0.257 e. The number of nitriles is 1. The standard InChI is InChI=1S/C19H10BrN3O/c20-12-6-8-16-13(9-12)18(19(24)23-16)14(10-21)17-7-5-11-3-1-2-4-15(11)22-17/h1-9H,(H,23,24). The number of carbonyl (C=O) groups excluding carboxylic acids is 1. The summed E-state index contributed by atoms with van der Waals surface area (Å²) in [6, 6.07) is 19.0. The van der Waals surface area contributed by atoms with Crippen molar-refractivity contribution in [3.8, 4) is 6.07 Å². The summed E-state index contributed by atoms with van der Waals surface area (Å²) in [4.78, 5) is 17.0. The molecule has 2 aromatic carbocycles. The molecule has 1 aromatic heterocycles. The first-order valence-electron chi connectivity index (χ1n) is 7.29. The molecule has 1 aliphatic rings. The first-order valence-corrected chi connectivity index (χ1v) is 8.08. The van der Waals surface area contributed by atoms with E-state index in [1.165, 1.54) is 0 Å². The Morgan fingerprint density at radius 2 is 1.96 bits per heavy atom. The molecule has 0 radical (unpaired) electrons. The van der Waals surface area contributed by atoms with E-state index in [-0.39, 0.29) is 11.5 Å². The number of carbonyl (C=O) groups is 1. The third-order valence-corrected chi connectivity index (χ3v) is 4.44. The average molecular weight is 376 g/mol. The summed E-state index contributed by atoms with van der Waals surface area (Å²) < 4.78 is 0.846. The number of nitrogens with zero attached hydrogens (tertiary/aromatic N) is 2. The van der Waals surface area contributed by atoms with Crippen molar-refractivity contribution < 1.29 is 4.79 Å². The molecule has 24 heavy (non-hydrogen) atoms. The van der Waals surface area contributed by atoms with Crippen LogP contribution in [-0.4, -0.2) is 10.9 Å². The molecule has 0 aliphatic carbocycles. The molecule has 0 unspecified atom stereocenters. The molecule has 0 saturated heterocycles. The van der Waals surface area contributed by atoms with Crippen LogP contribution < -0.4 is 5.32 Å². The first kappa shape index (κ1) is 14.6. The summed E-state index contributed by atoms with van der Waals surface area (Å²) in [7, 11) is 0. The fourth-order valence-electron chi connectivity index (χ4n) is 2.83. The minimum atomic E-state index is -0.283. The average Bonchev–Trinajstić information content (AvgIpc) is 2.91. The van der Waals surface area contributed by atoms with Gasteiger partial charge in [0.05, 0.1) is 22.4 Å². The number of rotatable bonds is 1.